The van der Waals surface area contributed by atoms with Gasteiger partial charge in [0.25, 0.3) is 0 Å². The zero-order chi connectivity index (χ0) is 15.1. The van der Waals surface area contributed by atoms with Gasteiger partial charge in [0.15, 0.2) is 0 Å². The summed E-state index contributed by atoms with van der Waals surface area (Å²) in [5.41, 5.74) is 6.94. The number of aryl methyl sites for hydroxylation is 1. The summed E-state index contributed by atoms with van der Waals surface area (Å²) in [4.78, 5) is 12.5. The lowest BCUT2D eigenvalue weighted by Gasteiger charge is -2.37. The van der Waals surface area contributed by atoms with Crippen LogP contribution in [0.3, 0.4) is 0 Å². The molecule has 0 atom stereocenters. The van der Waals surface area contributed by atoms with Crippen molar-refractivity contribution in [2.75, 3.05) is 13.1 Å². The molecule has 0 radical (unpaired) electrons. The van der Waals surface area contributed by atoms with Gasteiger partial charge >= 0.3 is 0 Å². The van der Waals surface area contributed by atoms with E-state index in [1.54, 1.807) is 0 Å². The van der Waals surface area contributed by atoms with Gasteiger partial charge in [-0.15, -0.1) is 0 Å². The van der Waals surface area contributed by atoms with Crippen LogP contribution in [0.15, 0.2) is 30.3 Å². The van der Waals surface area contributed by atoms with E-state index in [0.29, 0.717) is 6.54 Å². The predicted molar refractivity (Wildman–Crippen MR) is 86.9 cm³/mol. The van der Waals surface area contributed by atoms with Crippen LogP contribution in [0.25, 0.3) is 0 Å². The van der Waals surface area contributed by atoms with Crippen molar-refractivity contribution >= 4 is 5.91 Å². The molecule has 3 heteroatoms. The Morgan fingerprint density at radius 3 is 2.57 bits per heavy atom. The molecule has 1 aromatic carbocycles. The average Bonchev–Trinajstić information content (AvgIpc) is 2.53. The summed E-state index contributed by atoms with van der Waals surface area (Å²) in [7, 11) is 0. The van der Waals surface area contributed by atoms with Gasteiger partial charge in [-0.1, -0.05) is 37.3 Å². The highest BCUT2D eigenvalue weighted by atomic mass is 16.2. The van der Waals surface area contributed by atoms with Gasteiger partial charge in [0.05, 0.1) is 5.41 Å². The van der Waals surface area contributed by atoms with E-state index in [0.717, 1.165) is 51.0 Å². The Hall–Kier alpha value is -1.35. The number of carbonyl (C=O) groups is 1. The Morgan fingerprint density at radius 1 is 1.29 bits per heavy atom. The zero-order valence-electron chi connectivity index (χ0n) is 13.1. The maximum Gasteiger partial charge on any atom is 0.227 e. The van der Waals surface area contributed by atoms with Crippen LogP contribution in [-0.4, -0.2) is 19.0 Å². The van der Waals surface area contributed by atoms with Crippen LogP contribution >= 0.6 is 0 Å². The van der Waals surface area contributed by atoms with E-state index in [2.05, 4.69) is 36.5 Å². The number of benzene rings is 1. The molecule has 0 saturated heterocycles. The van der Waals surface area contributed by atoms with Crippen LogP contribution in [0, 0.1) is 11.3 Å². The molecule has 21 heavy (non-hydrogen) atoms. The highest BCUT2D eigenvalue weighted by Crippen LogP contribution is 2.38. The molecule has 0 aromatic heterocycles. The van der Waals surface area contributed by atoms with E-state index < -0.39 is 0 Å². The predicted octanol–water partition coefficient (Wildman–Crippen LogP) is 2.89. The van der Waals surface area contributed by atoms with Crippen molar-refractivity contribution in [3.63, 3.8) is 0 Å². The first kappa shape index (κ1) is 16.0. The van der Waals surface area contributed by atoms with E-state index >= 15 is 0 Å². The maximum atomic E-state index is 12.5. The lowest BCUT2D eigenvalue weighted by Crippen LogP contribution is -2.48. The number of hydrogen-bond acceptors (Lipinski definition) is 2. The van der Waals surface area contributed by atoms with E-state index in [4.69, 9.17) is 5.73 Å². The molecule has 0 heterocycles. The highest BCUT2D eigenvalue weighted by molar-refractivity contribution is 5.83. The lowest BCUT2D eigenvalue weighted by molar-refractivity contribution is -0.132. The molecule has 0 bridgehead atoms. The molecule has 2 rings (SSSR count). The first-order valence-electron chi connectivity index (χ1n) is 8.18. The fourth-order valence-corrected chi connectivity index (χ4v) is 3.17. The van der Waals surface area contributed by atoms with E-state index in [9.17, 15) is 4.79 Å². The fourth-order valence-electron chi connectivity index (χ4n) is 3.17. The minimum Gasteiger partial charge on any atom is -0.356 e. The van der Waals surface area contributed by atoms with Crippen LogP contribution < -0.4 is 11.1 Å². The molecule has 1 fully saturated rings. The van der Waals surface area contributed by atoms with Crippen molar-refractivity contribution < 1.29 is 4.79 Å². The van der Waals surface area contributed by atoms with Crippen LogP contribution in [0.4, 0.5) is 0 Å². The molecule has 0 spiro atoms. The summed E-state index contributed by atoms with van der Waals surface area (Å²) in [5, 5.41) is 3.11. The molecule has 1 aliphatic carbocycles. The highest BCUT2D eigenvalue weighted by Gasteiger charge is 2.39. The second-order valence-corrected chi connectivity index (χ2v) is 6.51. The summed E-state index contributed by atoms with van der Waals surface area (Å²) >= 11 is 0. The smallest absolute Gasteiger partial charge is 0.227 e. The summed E-state index contributed by atoms with van der Waals surface area (Å²) in [5.74, 6) is 0.903. The number of rotatable bonds is 6. The first-order chi connectivity index (χ1) is 10.2. The largest absolute Gasteiger partial charge is 0.356 e. The van der Waals surface area contributed by atoms with Gasteiger partial charge in [0.1, 0.15) is 0 Å². The van der Waals surface area contributed by atoms with Crippen molar-refractivity contribution in [2.24, 2.45) is 17.1 Å². The molecule has 0 aliphatic heterocycles. The van der Waals surface area contributed by atoms with Crippen molar-refractivity contribution in [1.29, 1.82) is 0 Å². The molecule has 0 unspecified atom stereocenters. The third-order valence-electron chi connectivity index (χ3n) is 4.87. The minimum atomic E-state index is -0.306. The quantitative estimate of drug-likeness (QED) is 0.791. The molecule has 1 aliphatic rings. The maximum absolute atomic E-state index is 12.5. The van der Waals surface area contributed by atoms with Crippen molar-refractivity contribution in [1.82, 2.24) is 5.32 Å². The van der Waals surface area contributed by atoms with Crippen LogP contribution in [0.5, 0.6) is 0 Å². The second-order valence-electron chi connectivity index (χ2n) is 6.51. The van der Waals surface area contributed by atoms with Gasteiger partial charge in [-0.05, 0) is 50.0 Å². The normalized spacial score (nSPS) is 25.5. The molecular weight excluding hydrogens is 260 g/mol. The number of nitrogens with one attached hydrogen (secondary N) is 1. The number of carbonyl (C=O) groups excluding carboxylic acids is 1. The van der Waals surface area contributed by atoms with Crippen LogP contribution in [0.2, 0.25) is 0 Å². The second kappa shape index (κ2) is 7.60. The SMILES string of the molecule is CC1CCC(CN)(C(=O)NCCCc2ccccc2)CC1. The molecule has 1 saturated carbocycles. The Labute approximate surface area is 128 Å². The van der Waals surface area contributed by atoms with Gasteiger partial charge in [-0.3, -0.25) is 4.79 Å². The monoisotopic (exact) mass is 288 g/mol. The Bertz CT molecular complexity index is 436. The Kier molecular flexibility index (Phi) is 5.80. The van der Waals surface area contributed by atoms with Gasteiger partial charge < -0.3 is 11.1 Å². The van der Waals surface area contributed by atoms with Gasteiger partial charge in [-0.25, -0.2) is 0 Å². The average molecular weight is 288 g/mol. The van der Waals surface area contributed by atoms with E-state index in [1.165, 1.54) is 5.56 Å². The van der Waals surface area contributed by atoms with Crippen molar-refractivity contribution in [2.45, 2.75) is 45.4 Å². The molecular formula is C18H28N2O. The summed E-state index contributed by atoms with van der Waals surface area (Å²) in [6.07, 6.45) is 6.11. The summed E-state index contributed by atoms with van der Waals surface area (Å²) in [6.45, 7) is 3.48. The first-order valence-corrected chi connectivity index (χ1v) is 8.18. The molecule has 3 nitrogen and oxygen atoms in total. The fraction of sp³-hybridized carbons (Fsp3) is 0.611. The zero-order valence-corrected chi connectivity index (χ0v) is 13.1. The minimum absolute atomic E-state index is 0.171. The number of amides is 1. The lowest BCUT2D eigenvalue weighted by atomic mass is 9.70. The summed E-state index contributed by atoms with van der Waals surface area (Å²) < 4.78 is 0. The Morgan fingerprint density at radius 2 is 1.95 bits per heavy atom. The molecule has 116 valence electrons. The molecule has 3 N–H and O–H groups in total. The van der Waals surface area contributed by atoms with Gasteiger partial charge in [-0.2, -0.15) is 0 Å². The Balaban J connectivity index is 1.75. The molecule has 1 amide bonds. The van der Waals surface area contributed by atoms with E-state index in [1.807, 2.05) is 6.07 Å². The summed E-state index contributed by atoms with van der Waals surface area (Å²) in [6, 6.07) is 10.4. The van der Waals surface area contributed by atoms with E-state index in [-0.39, 0.29) is 11.3 Å². The topological polar surface area (TPSA) is 55.1 Å². The van der Waals surface area contributed by atoms with Gasteiger partial charge in [0, 0.05) is 13.1 Å². The number of nitrogens with two attached hydrogens (primary N) is 1. The van der Waals surface area contributed by atoms with Crippen molar-refractivity contribution in [3.05, 3.63) is 35.9 Å². The van der Waals surface area contributed by atoms with Crippen molar-refractivity contribution in [3.8, 4) is 0 Å². The third-order valence-corrected chi connectivity index (χ3v) is 4.87. The number of hydrogen-bond donors (Lipinski definition) is 2. The van der Waals surface area contributed by atoms with Crippen LogP contribution in [-0.2, 0) is 11.2 Å². The van der Waals surface area contributed by atoms with Crippen LogP contribution in [0.1, 0.15) is 44.6 Å². The standard InChI is InChI=1S/C18H28N2O/c1-15-9-11-18(14-19,12-10-15)17(21)20-13-5-8-16-6-3-2-4-7-16/h2-4,6-7,15H,5,8-14,19H2,1H3,(H,20,21). The molecule has 1 aromatic rings. The third kappa shape index (κ3) is 4.31. The van der Waals surface area contributed by atoms with Gasteiger partial charge in [0.2, 0.25) is 5.91 Å².